The molecule has 1 atom stereocenters. The van der Waals surface area contributed by atoms with E-state index >= 15 is 0 Å². The van der Waals surface area contributed by atoms with Gasteiger partial charge in [0, 0.05) is 12.1 Å². The largest absolute Gasteiger partial charge is 0.508 e. The van der Waals surface area contributed by atoms with E-state index in [-0.39, 0.29) is 11.6 Å². The molecule has 108 valence electrons. The first-order chi connectivity index (χ1) is 10.1. The molecular formula is C17H17FN2O. The molecule has 0 aromatic heterocycles. The van der Waals surface area contributed by atoms with Crippen molar-refractivity contribution in [2.24, 2.45) is 0 Å². The molecular weight excluding hydrogens is 267 g/mol. The Morgan fingerprint density at radius 1 is 1.24 bits per heavy atom. The van der Waals surface area contributed by atoms with Crippen molar-refractivity contribution in [3.8, 4) is 11.8 Å². The number of phenolic OH excluding ortho intramolecular Hbond substituents is 1. The van der Waals surface area contributed by atoms with Crippen LogP contribution in [-0.2, 0) is 6.42 Å². The predicted molar refractivity (Wildman–Crippen MR) is 79.3 cm³/mol. The molecule has 0 bridgehead atoms. The van der Waals surface area contributed by atoms with E-state index in [1.165, 1.54) is 12.1 Å². The Morgan fingerprint density at radius 2 is 1.95 bits per heavy atom. The van der Waals surface area contributed by atoms with Gasteiger partial charge in [-0.1, -0.05) is 23.8 Å². The fraction of sp³-hybridized carbons (Fsp3) is 0.235. The van der Waals surface area contributed by atoms with E-state index in [2.05, 4.69) is 11.4 Å². The molecule has 0 fully saturated rings. The fourth-order valence-corrected chi connectivity index (χ4v) is 2.14. The van der Waals surface area contributed by atoms with Crippen LogP contribution >= 0.6 is 0 Å². The van der Waals surface area contributed by atoms with Gasteiger partial charge in [-0.3, -0.25) is 5.32 Å². The van der Waals surface area contributed by atoms with Gasteiger partial charge in [0.2, 0.25) is 0 Å². The van der Waals surface area contributed by atoms with Gasteiger partial charge in [0.15, 0.2) is 0 Å². The number of hydrogen-bond acceptors (Lipinski definition) is 3. The highest BCUT2D eigenvalue weighted by atomic mass is 19.1. The highest BCUT2D eigenvalue weighted by Gasteiger charge is 2.14. The molecule has 0 radical (unpaired) electrons. The summed E-state index contributed by atoms with van der Waals surface area (Å²) in [7, 11) is 0. The first kappa shape index (κ1) is 15.0. The van der Waals surface area contributed by atoms with E-state index in [4.69, 9.17) is 0 Å². The zero-order valence-electron chi connectivity index (χ0n) is 11.8. The summed E-state index contributed by atoms with van der Waals surface area (Å²) in [5.41, 5.74) is 2.56. The smallest absolute Gasteiger partial charge is 0.124 e. The van der Waals surface area contributed by atoms with Crippen LogP contribution in [0.15, 0.2) is 42.5 Å². The van der Waals surface area contributed by atoms with Crippen molar-refractivity contribution in [1.29, 1.82) is 5.26 Å². The molecule has 0 spiro atoms. The third kappa shape index (κ3) is 4.04. The van der Waals surface area contributed by atoms with Crippen LogP contribution in [0.3, 0.4) is 0 Å². The Kier molecular flexibility index (Phi) is 4.91. The number of nitrogens with one attached hydrogen (secondary N) is 1. The minimum absolute atomic E-state index is 0.112. The minimum atomic E-state index is -0.564. The summed E-state index contributed by atoms with van der Waals surface area (Å²) < 4.78 is 12.8. The van der Waals surface area contributed by atoms with E-state index in [1.807, 2.05) is 6.92 Å². The van der Waals surface area contributed by atoms with Crippen LogP contribution < -0.4 is 5.32 Å². The second-order valence-electron chi connectivity index (χ2n) is 4.95. The van der Waals surface area contributed by atoms with Crippen molar-refractivity contribution < 1.29 is 9.50 Å². The topological polar surface area (TPSA) is 56.0 Å². The number of nitriles is 1. The van der Waals surface area contributed by atoms with Crippen molar-refractivity contribution in [3.63, 3.8) is 0 Å². The number of halogens is 1. The van der Waals surface area contributed by atoms with Gasteiger partial charge in [-0.2, -0.15) is 5.26 Å². The number of aromatic hydroxyl groups is 1. The molecule has 0 saturated carbocycles. The molecule has 2 N–H and O–H groups in total. The average Bonchev–Trinajstić information content (AvgIpc) is 2.48. The van der Waals surface area contributed by atoms with Crippen molar-refractivity contribution in [2.45, 2.75) is 19.4 Å². The van der Waals surface area contributed by atoms with Gasteiger partial charge in [-0.05, 0) is 43.2 Å². The Bertz CT molecular complexity index is 647. The summed E-state index contributed by atoms with van der Waals surface area (Å²) >= 11 is 0. The average molecular weight is 284 g/mol. The zero-order chi connectivity index (χ0) is 15.2. The molecule has 0 saturated heterocycles. The van der Waals surface area contributed by atoms with Crippen LogP contribution in [0.1, 0.15) is 22.7 Å². The number of aryl methyl sites for hydroxylation is 1. The second kappa shape index (κ2) is 6.87. The molecule has 21 heavy (non-hydrogen) atoms. The molecule has 3 nitrogen and oxygen atoms in total. The Morgan fingerprint density at radius 3 is 2.62 bits per heavy atom. The Labute approximate surface area is 123 Å². The van der Waals surface area contributed by atoms with Crippen LogP contribution in [-0.4, -0.2) is 11.7 Å². The highest BCUT2D eigenvalue weighted by molar-refractivity contribution is 5.40. The van der Waals surface area contributed by atoms with Gasteiger partial charge in [-0.25, -0.2) is 4.39 Å². The Balaban J connectivity index is 1.98. The van der Waals surface area contributed by atoms with Gasteiger partial charge < -0.3 is 5.11 Å². The fourth-order valence-electron chi connectivity index (χ4n) is 2.14. The normalized spacial score (nSPS) is 11.9. The maximum Gasteiger partial charge on any atom is 0.124 e. The number of phenols is 1. The van der Waals surface area contributed by atoms with Crippen LogP contribution in [0, 0.1) is 24.1 Å². The van der Waals surface area contributed by atoms with Crippen LogP contribution in [0.25, 0.3) is 0 Å². The van der Waals surface area contributed by atoms with Gasteiger partial charge in [0.05, 0.1) is 6.07 Å². The van der Waals surface area contributed by atoms with Crippen molar-refractivity contribution in [1.82, 2.24) is 5.32 Å². The molecule has 4 heteroatoms. The number of nitrogens with zero attached hydrogens (tertiary/aromatic N) is 1. The molecule has 0 aliphatic heterocycles. The second-order valence-corrected chi connectivity index (χ2v) is 4.95. The van der Waals surface area contributed by atoms with E-state index < -0.39 is 6.04 Å². The third-order valence-corrected chi connectivity index (χ3v) is 3.30. The lowest BCUT2D eigenvalue weighted by Crippen LogP contribution is -2.22. The monoisotopic (exact) mass is 284 g/mol. The quantitative estimate of drug-likeness (QED) is 0.886. The molecule has 2 aromatic rings. The van der Waals surface area contributed by atoms with Gasteiger partial charge in [-0.15, -0.1) is 0 Å². The zero-order valence-corrected chi connectivity index (χ0v) is 11.8. The van der Waals surface area contributed by atoms with Gasteiger partial charge >= 0.3 is 0 Å². The molecule has 1 unspecified atom stereocenters. The molecule has 0 heterocycles. The number of benzene rings is 2. The summed E-state index contributed by atoms with van der Waals surface area (Å²) in [6, 6.07) is 13.1. The van der Waals surface area contributed by atoms with Crippen LogP contribution in [0.5, 0.6) is 5.75 Å². The maximum atomic E-state index is 12.8. The lowest BCUT2D eigenvalue weighted by atomic mass is 10.0. The molecule has 2 aromatic carbocycles. The maximum absolute atomic E-state index is 12.8. The molecule has 0 amide bonds. The van der Waals surface area contributed by atoms with E-state index in [0.29, 0.717) is 18.5 Å². The first-order valence-corrected chi connectivity index (χ1v) is 6.77. The van der Waals surface area contributed by atoms with E-state index in [1.54, 1.807) is 30.3 Å². The Hall–Kier alpha value is -2.38. The van der Waals surface area contributed by atoms with Gasteiger partial charge in [0.25, 0.3) is 0 Å². The summed E-state index contributed by atoms with van der Waals surface area (Å²) in [5, 5.41) is 22.2. The summed E-state index contributed by atoms with van der Waals surface area (Å²) in [5.74, 6) is -0.146. The lowest BCUT2D eigenvalue weighted by Gasteiger charge is -2.14. The third-order valence-electron chi connectivity index (χ3n) is 3.30. The highest BCUT2D eigenvalue weighted by Crippen LogP contribution is 2.24. The van der Waals surface area contributed by atoms with E-state index in [0.717, 1.165) is 11.1 Å². The van der Waals surface area contributed by atoms with E-state index in [9.17, 15) is 14.8 Å². The molecule has 0 aliphatic carbocycles. The van der Waals surface area contributed by atoms with Crippen molar-refractivity contribution in [3.05, 3.63) is 65.0 Å². The number of hydrogen-bond donors (Lipinski definition) is 2. The summed E-state index contributed by atoms with van der Waals surface area (Å²) in [4.78, 5) is 0. The standard InChI is InChI=1S/C17H17FN2O/c1-12-2-7-17(21)15(10-12)16(11-19)20-9-8-13-3-5-14(18)6-4-13/h2-7,10,16,20-21H,8-9H2,1H3. The lowest BCUT2D eigenvalue weighted by molar-refractivity contribution is 0.459. The summed E-state index contributed by atoms with van der Waals surface area (Å²) in [6.45, 7) is 2.48. The molecule has 0 aliphatic rings. The van der Waals surface area contributed by atoms with Crippen LogP contribution in [0.2, 0.25) is 0 Å². The SMILES string of the molecule is Cc1ccc(O)c(C(C#N)NCCc2ccc(F)cc2)c1. The van der Waals surface area contributed by atoms with Gasteiger partial charge in [0.1, 0.15) is 17.6 Å². The summed E-state index contributed by atoms with van der Waals surface area (Å²) in [6.07, 6.45) is 0.686. The number of rotatable bonds is 5. The van der Waals surface area contributed by atoms with Crippen molar-refractivity contribution in [2.75, 3.05) is 6.54 Å². The van der Waals surface area contributed by atoms with Crippen LogP contribution in [0.4, 0.5) is 4.39 Å². The molecule has 2 rings (SSSR count). The minimum Gasteiger partial charge on any atom is -0.508 e. The van der Waals surface area contributed by atoms with Crippen molar-refractivity contribution >= 4 is 0 Å². The predicted octanol–water partition coefficient (Wildman–Crippen LogP) is 3.24. The first-order valence-electron chi connectivity index (χ1n) is 6.77.